The maximum absolute atomic E-state index is 12.1. The molecule has 5 nitrogen and oxygen atoms in total. The third-order valence-corrected chi connectivity index (χ3v) is 4.40. The monoisotopic (exact) mass is 363 g/mol. The number of hydrogen-bond donors (Lipinski definition) is 0. The second-order valence-corrected chi connectivity index (χ2v) is 6.74. The molecule has 2 atom stereocenters. The van der Waals surface area contributed by atoms with Gasteiger partial charge in [-0.05, 0) is 43.9 Å². The normalized spacial score (nSPS) is 20.2. The van der Waals surface area contributed by atoms with Crippen LogP contribution < -0.4 is 0 Å². The number of nitrogens with zero attached hydrogens (tertiary/aromatic N) is 3. The quantitative estimate of drug-likeness (QED) is 0.763. The summed E-state index contributed by atoms with van der Waals surface area (Å²) in [6.45, 7) is 4.22. The number of hydrogen-bond acceptors (Lipinski definition) is 4. The third-order valence-electron chi connectivity index (χ3n) is 3.87. The molecule has 1 aliphatic rings. The van der Waals surface area contributed by atoms with E-state index in [2.05, 4.69) is 38.1 Å². The minimum atomic E-state index is -0.147. The Bertz CT molecular complexity index is 666. The summed E-state index contributed by atoms with van der Waals surface area (Å²) in [5.41, 5.74) is 1.19. The summed E-state index contributed by atoms with van der Waals surface area (Å²) >= 11 is 3.42. The molecule has 0 spiro atoms. The SMILES string of the molecule is CC(C)n1ncnc1COC(=O)[C@@H]1C[C@H]1c1ccc(Br)cc1. The smallest absolute Gasteiger partial charge is 0.310 e. The average Bonchev–Trinajstić information content (AvgIpc) is 3.15. The largest absolute Gasteiger partial charge is 0.457 e. The first-order chi connectivity index (χ1) is 10.6. The molecule has 0 unspecified atom stereocenters. The Morgan fingerprint density at radius 3 is 2.82 bits per heavy atom. The van der Waals surface area contributed by atoms with E-state index in [1.165, 1.54) is 11.9 Å². The highest BCUT2D eigenvalue weighted by Gasteiger charge is 2.45. The molecule has 1 aliphatic carbocycles. The lowest BCUT2D eigenvalue weighted by Crippen LogP contribution is -2.13. The highest BCUT2D eigenvalue weighted by atomic mass is 79.9. The van der Waals surface area contributed by atoms with Gasteiger partial charge in [-0.1, -0.05) is 28.1 Å². The number of halogens is 1. The Morgan fingerprint density at radius 2 is 2.14 bits per heavy atom. The lowest BCUT2D eigenvalue weighted by molar-refractivity contribution is -0.147. The van der Waals surface area contributed by atoms with Gasteiger partial charge in [-0.25, -0.2) is 9.67 Å². The number of carbonyl (C=O) groups excluding carboxylic acids is 1. The van der Waals surface area contributed by atoms with E-state index in [9.17, 15) is 4.79 Å². The minimum Gasteiger partial charge on any atom is -0.457 e. The average molecular weight is 364 g/mol. The van der Waals surface area contributed by atoms with Crippen molar-refractivity contribution in [1.82, 2.24) is 14.8 Å². The van der Waals surface area contributed by atoms with Crippen molar-refractivity contribution in [3.05, 3.63) is 46.5 Å². The number of benzene rings is 1. The van der Waals surface area contributed by atoms with E-state index < -0.39 is 0 Å². The summed E-state index contributed by atoms with van der Waals surface area (Å²) in [6.07, 6.45) is 2.35. The van der Waals surface area contributed by atoms with Crippen molar-refractivity contribution in [2.45, 2.75) is 38.8 Å². The van der Waals surface area contributed by atoms with Crippen LogP contribution in [0.25, 0.3) is 0 Å². The van der Waals surface area contributed by atoms with Crippen LogP contribution in [0, 0.1) is 5.92 Å². The van der Waals surface area contributed by atoms with Gasteiger partial charge in [-0.2, -0.15) is 5.10 Å². The van der Waals surface area contributed by atoms with Crippen LogP contribution in [0.5, 0.6) is 0 Å². The standard InChI is InChI=1S/C16H18BrN3O2/c1-10(2)20-15(18-9-19-20)8-22-16(21)14-7-13(14)11-3-5-12(17)6-4-11/h3-6,9-10,13-14H,7-8H2,1-2H3/t13-,14+/m0/s1. The van der Waals surface area contributed by atoms with E-state index in [0.29, 0.717) is 5.82 Å². The summed E-state index contributed by atoms with van der Waals surface area (Å²) in [5, 5.41) is 4.13. The van der Waals surface area contributed by atoms with Gasteiger partial charge in [-0.15, -0.1) is 0 Å². The minimum absolute atomic E-state index is 0.0309. The summed E-state index contributed by atoms with van der Waals surface area (Å²) in [4.78, 5) is 16.3. The fraction of sp³-hybridized carbons (Fsp3) is 0.438. The molecule has 0 amide bonds. The van der Waals surface area contributed by atoms with Crippen LogP contribution in [0.15, 0.2) is 35.1 Å². The van der Waals surface area contributed by atoms with Crippen LogP contribution in [-0.4, -0.2) is 20.7 Å². The van der Waals surface area contributed by atoms with Gasteiger partial charge in [0.1, 0.15) is 6.33 Å². The van der Waals surface area contributed by atoms with Gasteiger partial charge < -0.3 is 4.74 Å². The van der Waals surface area contributed by atoms with Crippen LogP contribution in [0.2, 0.25) is 0 Å². The van der Waals surface area contributed by atoms with Crippen LogP contribution in [0.4, 0.5) is 0 Å². The molecule has 6 heteroatoms. The molecule has 0 saturated heterocycles. The summed E-state index contributed by atoms with van der Waals surface area (Å²) < 4.78 is 8.22. The molecule has 0 aliphatic heterocycles. The Balaban J connectivity index is 1.55. The van der Waals surface area contributed by atoms with E-state index in [4.69, 9.17) is 4.74 Å². The van der Waals surface area contributed by atoms with Gasteiger partial charge >= 0.3 is 5.97 Å². The zero-order valence-electron chi connectivity index (χ0n) is 12.6. The lowest BCUT2D eigenvalue weighted by Gasteiger charge is -2.09. The molecule has 1 aromatic carbocycles. The van der Waals surface area contributed by atoms with E-state index in [0.717, 1.165) is 10.9 Å². The highest BCUT2D eigenvalue weighted by molar-refractivity contribution is 9.10. The van der Waals surface area contributed by atoms with Gasteiger partial charge in [0.15, 0.2) is 12.4 Å². The Morgan fingerprint density at radius 1 is 1.41 bits per heavy atom. The first kappa shape index (κ1) is 15.2. The van der Waals surface area contributed by atoms with Crippen molar-refractivity contribution in [3.8, 4) is 0 Å². The van der Waals surface area contributed by atoms with Crippen LogP contribution in [-0.2, 0) is 16.1 Å². The highest BCUT2D eigenvalue weighted by Crippen LogP contribution is 2.48. The van der Waals surface area contributed by atoms with E-state index in [1.807, 2.05) is 26.0 Å². The van der Waals surface area contributed by atoms with Gasteiger partial charge in [-0.3, -0.25) is 4.79 Å². The zero-order chi connectivity index (χ0) is 15.7. The predicted molar refractivity (Wildman–Crippen MR) is 85.2 cm³/mol. The molecule has 1 fully saturated rings. The second kappa shape index (κ2) is 6.20. The zero-order valence-corrected chi connectivity index (χ0v) is 14.2. The second-order valence-electron chi connectivity index (χ2n) is 5.82. The van der Waals surface area contributed by atoms with Gasteiger partial charge in [0.25, 0.3) is 0 Å². The van der Waals surface area contributed by atoms with Crippen molar-refractivity contribution in [2.75, 3.05) is 0 Å². The molecule has 116 valence electrons. The predicted octanol–water partition coefficient (Wildman–Crippen LogP) is 3.47. The van der Waals surface area contributed by atoms with Crippen molar-refractivity contribution in [1.29, 1.82) is 0 Å². The summed E-state index contributed by atoms with van der Waals surface area (Å²) in [6, 6.07) is 8.31. The number of esters is 1. The van der Waals surface area contributed by atoms with E-state index >= 15 is 0 Å². The van der Waals surface area contributed by atoms with Crippen molar-refractivity contribution in [3.63, 3.8) is 0 Å². The molecular weight excluding hydrogens is 346 g/mol. The number of aromatic nitrogens is 3. The molecule has 0 N–H and O–H groups in total. The molecule has 2 aromatic rings. The molecule has 1 aromatic heterocycles. The molecule has 1 heterocycles. The molecular formula is C16H18BrN3O2. The molecule has 0 radical (unpaired) electrons. The van der Waals surface area contributed by atoms with Crippen LogP contribution in [0.3, 0.4) is 0 Å². The molecule has 22 heavy (non-hydrogen) atoms. The van der Waals surface area contributed by atoms with Gasteiger partial charge in [0, 0.05) is 10.5 Å². The maximum atomic E-state index is 12.1. The maximum Gasteiger partial charge on any atom is 0.310 e. The molecule has 3 rings (SSSR count). The number of ether oxygens (including phenoxy) is 1. The molecule has 1 saturated carbocycles. The number of rotatable bonds is 5. The van der Waals surface area contributed by atoms with Gasteiger partial charge in [0.2, 0.25) is 0 Å². The lowest BCUT2D eigenvalue weighted by atomic mass is 10.1. The fourth-order valence-corrected chi connectivity index (χ4v) is 2.85. The number of carbonyl (C=O) groups is 1. The van der Waals surface area contributed by atoms with Crippen molar-refractivity contribution in [2.24, 2.45) is 5.92 Å². The van der Waals surface area contributed by atoms with Crippen molar-refractivity contribution < 1.29 is 9.53 Å². The van der Waals surface area contributed by atoms with Crippen LogP contribution >= 0.6 is 15.9 Å². The fourth-order valence-electron chi connectivity index (χ4n) is 2.59. The topological polar surface area (TPSA) is 57.0 Å². The summed E-state index contributed by atoms with van der Waals surface area (Å²) in [7, 11) is 0. The third kappa shape index (κ3) is 3.21. The van der Waals surface area contributed by atoms with Crippen molar-refractivity contribution >= 4 is 21.9 Å². The Kier molecular flexibility index (Phi) is 4.29. The van der Waals surface area contributed by atoms with Gasteiger partial charge in [0.05, 0.1) is 5.92 Å². The summed E-state index contributed by atoms with van der Waals surface area (Å²) in [5.74, 6) is 0.788. The first-order valence-corrected chi connectivity index (χ1v) is 8.16. The van der Waals surface area contributed by atoms with Crippen LogP contribution in [0.1, 0.15) is 43.6 Å². The Hall–Kier alpha value is -1.69. The van der Waals surface area contributed by atoms with E-state index in [-0.39, 0.29) is 30.5 Å². The first-order valence-electron chi connectivity index (χ1n) is 7.36. The molecule has 0 bridgehead atoms. The Labute approximate surface area is 137 Å². The van der Waals surface area contributed by atoms with E-state index in [1.54, 1.807) is 4.68 Å².